The van der Waals surface area contributed by atoms with Crippen molar-refractivity contribution in [3.05, 3.63) is 48.5 Å². The van der Waals surface area contributed by atoms with Crippen molar-refractivity contribution in [1.82, 2.24) is 5.32 Å². The fourth-order valence-corrected chi connectivity index (χ4v) is 3.09. The molecule has 140 valence electrons. The van der Waals surface area contributed by atoms with E-state index in [2.05, 4.69) is 5.32 Å². The first kappa shape index (κ1) is 17.2. The lowest BCUT2D eigenvalue weighted by Crippen LogP contribution is -2.43. The zero-order valence-electron chi connectivity index (χ0n) is 14.7. The number of nitrogens with zero attached hydrogens (tertiary/aromatic N) is 1. The van der Waals surface area contributed by atoms with Crippen molar-refractivity contribution in [3.8, 4) is 17.2 Å². The molecule has 2 aliphatic heterocycles. The van der Waals surface area contributed by atoms with Gasteiger partial charge in [0.25, 0.3) is 5.91 Å². The summed E-state index contributed by atoms with van der Waals surface area (Å²) in [6.07, 6.45) is -0.0425. The fraction of sp³-hybridized carbons (Fsp3) is 0.300. The van der Waals surface area contributed by atoms with Gasteiger partial charge >= 0.3 is 0 Å². The highest BCUT2D eigenvalue weighted by atomic mass is 16.6. The predicted molar refractivity (Wildman–Crippen MR) is 98.3 cm³/mol. The third-order valence-corrected chi connectivity index (χ3v) is 4.47. The molecule has 0 saturated heterocycles. The van der Waals surface area contributed by atoms with E-state index in [0.29, 0.717) is 42.6 Å². The van der Waals surface area contributed by atoms with Crippen molar-refractivity contribution in [3.63, 3.8) is 0 Å². The first-order chi connectivity index (χ1) is 13.2. The number of fused-ring (bicyclic) bond motifs is 2. The number of benzene rings is 2. The number of hydrogen-bond donors (Lipinski definition) is 1. The van der Waals surface area contributed by atoms with Gasteiger partial charge in [-0.3, -0.25) is 9.59 Å². The van der Waals surface area contributed by atoms with Crippen LogP contribution in [-0.2, 0) is 9.59 Å². The zero-order chi connectivity index (χ0) is 18.6. The molecule has 2 heterocycles. The molecule has 7 heteroatoms. The second kappa shape index (κ2) is 7.57. The third-order valence-electron chi connectivity index (χ3n) is 4.47. The van der Waals surface area contributed by atoms with E-state index in [9.17, 15) is 9.59 Å². The Labute approximate surface area is 156 Å². The predicted octanol–water partition coefficient (Wildman–Crippen LogP) is 1.76. The molecule has 0 fully saturated rings. The van der Waals surface area contributed by atoms with Crippen LogP contribution in [0.5, 0.6) is 17.2 Å². The molecule has 0 aromatic heterocycles. The molecule has 27 heavy (non-hydrogen) atoms. The van der Waals surface area contributed by atoms with E-state index in [1.807, 2.05) is 48.5 Å². The largest absolute Gasteiger partial charge is 0.486 e. The van der Waals surface area contributed by atoms with Crippen molar-refractivity contribution < 1.29 is 23.8 Å². The van der Waals surface area contributed by atoms with Crippen molar-refractivity contribution >= 4 is 17.5 Å². The maximum absolute atomic E-state index is 12.2. The minimum atomic E-state index is -0.241. The molecule has 2 aromatic carbocycles. The summed E-state index contributed by atoms with van der Waals surface area (Å²) >= 11 is 0. The summed E-state index contributed by atoms with van der Waals surface area (Å²) in [5, 5.41) is 2.85. The van der Waals surface area contributed by atoms with E-state index < -0.39 is 0 Å². The van der Waals surface area contributed by atoms with Gasteiger partial charge in [0.15, 0.2) is 18.1 Å². The van der Waals surface area contributed by atoms with E-state index in [0.717, 1.165) is 0 Å². The maximum Gasteiger partial charge on any atom is 0.265 e. The average Bonchev–Trinajstić information content (AvgIpc) is 2.71. The van der Waals surface area contributed by atoms with E-state index in [1.165, 1.54) is 0 Å². The van der Waals surface area contributed by atoms with Crippen LogP contribution < -0.4 is 24.4 Å². The Morgan fingerprint density at radius 1 is 1.04 bits per heavy atom. The number of carbonyl (C=O) groups excluding carboxylic acids is 2. The molecule has 0 aliphatic carbocycles. The zero-order valence-corrected chi connectivity index (χ0v) is 14.7. The van der Waals surface area contributed by atoms with Crippen molar-refractivity contribution in [2.24, 2.45) is 0 Å². The number of para-hydroxylation sites is 4. The van der Waals surface area contributed by atoms with E-state index in [-0.39, 0.29) is 30.9 Å². The first-order valence-corrected chi connectivity index (χ1v) is 8.88. The smallest absolute Gasteiger partial charge is 0.265 e. The van der Waals surface area contributed by atoms with Crippen LogP contribution >= 0.6 is 0 Å². The summed E-state index contributed by atoms with van der Waals surface area (Å²) in [4.78, 5) is 25.9. The first-order valence-electron chi connectivity index (χ1n) is 8.88. The van der Waals surface area contributed by atoms with Gasteiger partial charge in [-0.25, -0.2) is 0 Å². The molecule has 0 spiro atoms. The van der Waals surface area contributed by atoms with Crippen LogP contribution in [-0.4, -0.2) is 44.2 Å². The molecular formula is C20H20N2O5. The van der Waals surface area contributed by atoms with Crippen LogP contribution in [0.15, 0.2) is 48.5 Å². The topological polar surface area (TPSA) is 77.1 Å². The standard InChI is InChI=1S/C20H20N2O5/c23-19(21-11-14-12-25-17-7-3-4-8-18(17)27-14)9-10-22-15-5-1-2-6-16(15)26-13-20(22)24/h1-8,14H,9-13H2,(H,21,23)/t14-/m0/s1. The van der Waals surface area contributed by atoms with Gasteiger partial charge < -0.3 is 24.4 Å². The SMILES string of the molecule is O=C(CCN1C(=O)COc2ccccc21)NC[C@H]1COc2ccccc2O1. The number of amides is 2. The minimum Gasteiger partial charge on any atom is -0.486 e. The Bertz CT molecular complexity index is 854. The van der Waals surface area contributed by atoms with Crippen LogP contribution in [0, 0.1) is 0 Å². The highest BCUT2D eigenvalue weighted by Gasteiger charge is 2.26. The summed E-state index contributed by atoms with van der Waals surface area (Å²) < 4.78 is 16.9. The summed E-state index contributed by atoms with van der Waals surface area (Å²) in [5.74, 6) is 1.75. The molecule has 2 amide bonds. The van der Waals surface area contributed by atoms with Crippen molar-refractivity contribution in [2.75, 3.05) is 31.2 Å². The van der Waals surface area contributed by atoms with Crippen LogP contribution in [0.1, 0.15) is 6.42 Å². The van der Waals surface area contributed by atoms with Gasteiger partial charge in [0, 0.05) is 13.0 Å². The highest BCUT2D eigenvalue weighted by Crippen LogP contribution is 2.32. The van der Waals surface area contributed by atoms with Crippen molar-refractivity contribution in [1.29, 1.82) is 0 Å². The Morgan fingerprint density at radius 2 is 1.78 bits per heavy atom. The molecule has 1 atom stereocenters. The minimum absolute atomic E-state index is 0.00864. The molecule has 0 saturated carbocycles. The average molecular weight is 368 g/mol. The molecule has 0 unspecified atom stereocenters. The fourth-order valence-electron chi connectivity index (χ4n) is 3.09. The Morgan fingerprint density at radius 3 is 2.63 bits per heavy atom. The lowest BCUT2D eigenvalue weighted by atomic mass is 10.2. The molecule has 7 nitrogen and oxygen atoms in total. The molecular weight excluding hydrogens is 348 g/mol. The van der Waals surface area contributed by atoms with Gasteiger partial charge in [-0.15, -0.1) is 0 Å². The van der Waals surface area contributed by atoms with Crippen LogP contribution in [0.3, 0.4) is 0 Å². The van der Waals surface area contributed by atoms with E-state index >= 15 is 0 Å². The normalized spacial score (nSPS) is 17.7. The Hall–Kier alpha value is -3.22. The Balaban J connectivity index is 1.28. The second-order valence-electron chi connectivity index (χ2n) is 6.35. The number of nitrogens with one attached hydrogen (secondary N) is 1. The molecule has 4 rings (SSSR count). The molecule has 2 aromatic rings. The number of hydrogen-bond acceptors (Lipinski definition) is 5. The van der Waals surface area contributed by atoms with Crippen LogP contribution in [0.2, 0.25) is 0 Å². The van der Waals surface area contributed by atoms with Gasteiger partial charge in [0.05, 0.1) is 12.2 Å². The van der Waals surface area contributed by atoms with Gasteiger partial charge in [0.2, 0.25) is 5.91 Å². The number of carbonyl (C=O) groups is 2. The van der Waals surface area contributed by atoms with Crippen LogP contribution in [0.4, 0.5) is 5.69 Å². The molecule has 0 bridgehead atoms. The summed E-state index contributed by atoms with van der Waals surface area (Å²) in [6, 6.07) is 14.8. The quantitative estimate of drug-likeness (QED) is 0.870. The number of anilines is 1. The van der Waals surface area contributed by atoms with Crippen molar-refractivity contribution in [2.45, 2.75) is 12.5 Å². The van der Waals surface area contributed by atoms with Gasteiger partial charge in [0.1, 0.15) is 18.5 Å². The van der Waals surface area contributed by atoms with Gasteiger partial charge in [-0.2, -0.15) is 0 Å². The lowest BCUT2D eigenvalue weighted by molar-refractivity contribution is -0.122. The highest BCUT2D eigenvalue weighted by molar-refractivity contribution is 5.98. The van der Waals surface area contributed by atoms with Crippen LogP contribution in [0.25, 0.3) is 0 Å². The monoisotopic (exact) mass is 368 g/mol. The maximum atomic E-state index is 12.2. The molecule has 0 radical (unpaired) electrons. The summed E-state index contributed by atoms with van der Waals surface area (Å²) in [5.41, 5.74) is 0.696. The molecule has 2 aliphatic rings. The van der Waals surface area contributed by atoms with Gasteiger partial charge in [-0.05, 0) is 24.3 Å². The number of ether oxygens (including phenoxy) is 3. The summed E-state index contributed by atoms with van der Waals surface area (Å²) in [7, 11) is 0. The number of rotatable bonds is 5. The third kappa shape index (κ3) is 3.81. The second-order valence-corrected chi connectivity index (χ2v) is 6.35. The van der Waals surface area contributed by atoms with Gasteiger partial charge in [-0.1, -0.05) is 24.3 Å². The lowest BCUT2D eigenvalue weighted by Gasteiger charge is -2.29. The summed E-state index contributed by atoms with van der Waals surface area (Å²) in [6.45, 7) is 1.02. The Kier molecular flexibility index (Phi) is 4.82. The van der Waals surface area contributed by atoms with E-state index in [1.54, 1.807) is 4.90 Å². The van der Waals surface area contributed by atoms with E-state index in [4.69, 9.17) is 14.2 Å². The molecule has 1 N–H and O–H groups in total.